The van der Waals surface area contributed by atoms with E-state index in [1.54, 1.807) is 23.0 Å². The number of halogens is 1. The molecule has 0 aliphatic rings. The maximum Gasteiger partial charge on any atom is 0.153 e. The van der Waals surface area contributed by atoms with Crippen molar-refractivity contribution in [3.8, 4) is 0 Å². The highest BCUT2D eigenvalue weighted by atomic mass is 35.5. The van der Waals surface area contributed by atoms with Crippen molar-refractivity contribution in [1.82, 2.24) is 14.6 Å². The van der Waals surface area contributed by atoms with Crippen LogP contribution in [-0.2, 0) is 0 Å². The Labute approximate surface area is 69.5 Å². The van der Waals surface area contributed by atoms with Crippen LogP contribution in [0.2, 0.25) is 0 Å². The molecule has 0 amide bonds. The van der Waals surface area contributed by atoms with Crippen LogP contribution in [0.5, 0.6) is 0 Å². The zero-order valence-corrected chi connectivity index (χ0v) is 6.45. The molecule has 4 nitrogen and oxygen atoms in total. The van der Waals surface area contributed by atoms with Gasteiger partial charge in [-0.15, -0.1) is 17.5 Å². The first-order valence-corrected chi connectivity index (χ1v) is 2.92. The van der Waals surface area contributed by atoms with E-state index < -0.39 is 0 Å². The second-order valence-electron chi connectivity index (χ2n) is 1.99. The van der Waals surface area contributed by atoms with Gasteiger partial charge in [-0.25, -0.2) is 9.50 Å². The normalized spacial score (nSPS) is 9.45. The Hall–Kier alpha value is -1.29. The number of anilines is 1. The van der Waals surface area contributed by atoms with Crippen molar-refractivity contribution in [2.24, 2.45) is 0 Å². The minimum atomic E-state index is 0. The molecule has 0 aliphatic carbocycles. The monoisotopic (exact) mass is 170 g/mol. The molecule has 2 N–H and O–H groups in total. The smallest absolute Gasteiger partial charge is 0.153 e. The van der Waals surface area contributed by atoms with Gasteiger partial charge in [-0.3, -0.25) is 0 Å². The van der Waals surface area contributed by atoms with Gasteiger partial charge in [0, 0.05) is 12.4 Å². The minimum absolute atomic E-state index is 0. The summed E-state index contributed by atoms with van der Waals surface area (Å²) in [5, 5.41) is 3.97. The Morgan fingerprint density at radius 3 is 3.00 bits per heavy atom. The maximum absolute atomic E-state index is 5.42. The molecule has 0 atom stereocenters. The van der Waals surface area contributed by atoms with Crippen LogP contribution in [0, 0.1) is 0 Å². The summed E-state index contributed by atoms with van der Waals surface area (Å²) in [4.78, 5) is 4.00. The lowest BCUT2D eigenvalue weighted by atomic mass is 10.5. The number of rotatable bonds is 0. The predicted octanol–water partition coefficient (Wildman–Crippen LogP) is 0.733. The number of imidazole rings is 1. The lowest BCUT2D eigenvalue weighted by Gasteiger charge is -1.91. The van der Waals surface area contributed by atoms with Crippen molar-refractivity contribution < 1.29 is 0 Å². The van der Waals surface area contributed by atoms with Crippen LogP contribution in [0.3, 0.4) is 0 Å². The molecule has 5 heteroatoms. The Morgan fingerprint density at radius 1 is 1.36 bits per heavy atom. The first-order valence-electron chi connectivity index (χ1n) is 2.92. The first-order chi connectivity index (χ1) is 4.86. The molecule has 11 heavy (non-hydrogen) atoms. The van der Waals surface area contributed by atoms with E-state index in [0.717, 1.165) is 5.65 Å². The molecule has 2 aromatic rings. The van der Waals surface area contributed by atoms with Gasteiger partial charge in [-0.1, -0.05) is 0 Å². The van der Waals surface area contributed by atoms with Gasteiger partial charge in [-0.2, -0.15) is 0 Å². The number of nitrogen functional groups attached to an aromatic ring is 1. The summed E-state index contributed by atoms with van der Waals surface area (Å²) in [6.45, 7) is 0. The lowest BCUT2D eigenvalue weighted by molar-refractivity contribution is 0.946. The van der Waals surface area contributed by atoms with Gasteiger partial charge in [0.25, 0.3) is 0 Å². The van der Waals surface area contributed by atoms with E-state index in [0.29, 0.717) is 5.82 Å². The van der Waals surface area contributed by atoms with Crippen molar-refractivity contribution in [2.75, 3.05) is 5.73 Å². The molecular formula is C6H7ClN4. The van der Waals surface area contributed by atoms with Gasteiger partial charge >= 0.3 is 0 Å². The fourth-order valence-electron chi connectivity index (χ4n) is 0.830. The summed E-state index contributed by atoms with van der Waals surface area (Å²) in [7, 11) is 0. The molecule has 2 aromatic heterocycles. The standard InChI is InChI=1S/C6H6N4.ClH/c7-5-1-2-6-8-3-4-10(6)9-5;/h1-4H,(H2,7,9);1H. The molecule has 58 valence electrons. The number of nitrogens with zero attached hydrogens (tertiary/aromatic N) is 3. The SMILES string of the molecule is Cl.Nc1ccc2nccn2n1. The summed E-state index contributed by atoms with van der Waals surface area (Å²) in [6, 6.07) is 3.55. The van der Waals surface area contributed by atoms with Gasteiger partial charge in [0.05, 0.1) is 0 Å². The van der Waals surface area contributed by atoms with Crippen LogP contribution >= 0.6 is 12.4 Å². The summed E-state index contributed by atoms with van der Waals surface area (Å²) in [6.07, 6.45) is 3.44. The number of hydrogen-bond acceptors (Lipinski definition) is 3. The summed E-state index contributed by atoms with van der Waals surface area (Å²) in [5.74, 6) is 0.505. The molecule has 0 fully saturated rings. The van der Waals surface area contributed by atoms with Gasteiger partial charge < -0.3 is 5.73 Å². The van der Waals surface area contributed by atoms with Gasteiger partial charge in [0.1, 0.15) is 5.82 Å². The summed E-state index contributed by atoms with van der Waals surface area (Å²) >= 11 is 0. The van der Waals surface area contributed by atoms with Crippen molar-refractivity contribution in [3.63, 3.8) is 0 Å². The minimum Gasteiger partial charge on any atom is -0.382 e. The van der Waals surface area contributed by atoms with Gasteiger partial charge in [0.2, 0.25) is 0 Å². The van der Waals surface area contributed by atoms with Gasteiger partial charge in [0.15, 0.2) is 5.65 Å². The third kappa shape index (κ3) is 1.25. The molecule has 2 heterocycles. The quantitative estimate of drug-likeness (QED) is 0.634. The highest BCUT2D eigenvalue weighted by Gasteiger charge is 1.91. The van der Waals surface area contributed by atoms with Crippen LogP contribution in [-0.4, -0.2) is 14.6 Å². The van der Waals surface area contributed by atoms with E-state index in [-0.39, 0.29) is 12.4 Å². The van der Waals surface area contributed by atoms with E-state index in [1.807, 2.05) is 6.07 Å². The average Bonchev–Trinajstić information content (AvgIpc) is 2.33. The lowest BCUT2D eigenvalue weighted by Crippen LogP contribution is -1.95. The molecule has 0 unspecified atom stereocenters. The Balaban J connectivity index is 0.000000605. The fraction of sp³-hybridized carbons (Fsp3) is 0. The maximum atomic E-state index is 5.42. The number of fused-ring (bicyclic) bond motifs is 1. The molecule has 0 bridgehead atoms. The van der Waals surface area contributed by atoms with E-state index >= 15 is 0 Å². The first kappa shape index (κ1) is 7.81. The van der Waals surface area contributed by atoms with Crippen molar-refractivity contribution in [1.29, 1.82) is 0 Å². The van der Waals surface area contributed by atoms with E-state index in [9.17, 15) is 0 Å². The van der Waals surface area contributed by atoms with E-state index in [4.69, 9.17) is 5.73 Å². The Kier molecular flexibility index (Phi) is 1.96. The van der Waals surface area contributed by atoms with E-state index in [1.165, 1.54) is 0 Å². The second-order valence-corrected chi connectivity index (χ2v) is 1.99. The zero-order chi connectivity index (χ0) is 6.97. The third-order valence-corrected chi connectivity index (χ3v) is 1.28. The van der Waals surface area contributed by atoms with Crippen LogP contribution in [0.1, 0.15) is 0 Å². The Morgan fingerprint density at radius 2 is 2.18 bits per heavy atom. The topological polar surface area (TPSA) is 56.2 Å². The number of aromatic nitrogens is 3. The van der Waals surface area contributed by atoms with Crippen LogP contribution < -0.4 is 5.73 Å². The Bertz CT molecular complexity index is 356. The van der Waals surface area contributed by atoms with Crippen molar-refractivity contribution in [3.05, 3.63) is 24.5 Å². The molecule has 0 aliphatic heterocycles. The van der Waals surface area contributed by atoms with Crippen molar-refractivity contribution >= 4 is 23.9 Å². The third-order valence-electron chi connectivity index (χ3n) is 1.28. The molecule has 0 aromatic carbocycles. The van der Waals surface area contributed by atoms with Crippen LogP contribution in [0.15, 0.2) is 24.5 Å². The molecule has 0 saturated carbocycles. The largest absolute Gasteiger partial charge is 0.382 e. The summed E-state index contributed by atoms with van der Waals surface area (Å²) in [5.41, 5.74) is 6.24. The van der Waals surface area contributed by atoms with Crippen LogP contribution in [0.4, 0.5) is 5.82 Å². The number of hydrogen-bond donors (Lipinski definition) is 1. The zero-order valence-electron chi connectivity index (χ0n) is 5.64. The summed E-state index contributed by atoms with van der Waals surface area (Å²) < 4.78 is 1.63. The van der Waals surface area contributed by atoms with E-state index in [2.05, 4.69) is 10.1 Å². The number of nitrogens with two attached hydrogens (primary N) is 1. The fourth-order valence-corrected chi connectivity index (χ4v) is 0.830. The molecule has 0 radical (unpaired) electrons. The second kappa shape index (κ2) is 2.75. The highest BCUT2D eigenvalue weighted by Crippen LogP contribution is 1.99. The molecule has 2 rings (SSSR count). The highest BCUT2D eigenvalue weighted by molar-refractivity contribution is 5.85. The molecular weight excluding hydrogens is 164 g/mol. The molecule has 0 saturated heterocycles. The predicted molar refractivity (Wildman–Crippen MR) is 44.6 cm³/mol. The van der Waals surface area contributed by atoms with Crippen LogP contribution in [0.25, 0.3) is 5.65 Å². The average molecular weight is 171 g/mol. The molecule has 0 spiro atoms. The van der Waals surface area contributed by atoms with Gasteiger partial charge in [-0.05, 0) is 12.1 Å². The van der Waals surface area contributed by atoms with Crippen molar-refractivity contribution in [2.45, 2.75) is 0 Å².